The van der Waals surface area contributed by atoms with Crippen LogP contribution >= 0.6 is 0 Å². The minimum absolute atomic E-state index is 0.106. The van der Waals surface area contributed by atoms with E-state index < -0.39 is 27.7 Å². The minimum atomic E-state index is -4.46. The number of fused-ring (bicyclic) bond motifs is 1. The van der Waals surface area contributed by atoms with Crippen molar-refractivity contribution in [1.29, 1.82) is 0 Å². The molecule has 198 valence electrons. The molecule has 0 bridgehead atoms. The monoisotopic (exact) mass is 538 g/mol. The first kappa shape index (κ1) is 26.9. The van der Waals surface area contributed by atoms with Crippen LogP contribution in [-0.2, 0) is 27.4 Å². The van der Waals surface area contributed by atoms with Crippen molar-refractivity contribution in [2.75, 3.05) is 25.0 Å². The third kappa shape index (κ3) is 6.40. The quantitative estimate of drug-likeness (QED) is 0.208. The molecule has 0 amide bonds. The predicted molar refractivity (Wildman–Crippen MR) is 130 cm³/mol. The summed E-state index contributed by atoms with van der Waals surface area (Å²) >= 11 is 0. The molecule has 1 aromatic heterocycles. The maximum Gasteiger partial charge on any atom is 0.416 e. The fourth-order valence-electron chi connectivity index (χ4n) is 4.42. The number of sulfonamides is 1. The summed E-state index contributed by atoms with van der Waals surface area (Å²) in [6.45, 7) is 0.787. The molecule has 1 aliphatic rings. The van der Waals surface area contributed by atoms with Crippen LogP contribution in [0.25, 0.3) is 0 Å². The van der Waals surface area contributed by atoms with E-state index in [9.17, 15) is 26.0 Å². The van der Waals surface area contributed by atoms with Crippen LogP contribution in [0.4, 0.5) is 23.4 Å². The SMILES string of the molecule is COCCCCc1cc(C(F)(F)F)ccc1C1CCOc2cc(S(=O)(=O)Nc3cccc(F)n3)ccc21. The first-order chi connectivity index (χ1) is 17.6. The van der Waals surface area contributed by atoms with Crippen LogP contribution < -0.4 is 9.46 Å². The number of unbranched alkanes of at least 4 members (excludes halogenated alkanes) is 1. The number of hydrogen-bond donors (Lipinski definition) is 1. The van der Waals surface area contributed by atoms with E-state index >= 15 is 0 Å². The van der Waals surface area contributed by atoms with E-state index in [-0.39, 0.29) is 23.2 Å². The van der Waals surface area contributed by atoms with Crippen molar-refractivity contribution < 1.29 is 35.5 Å². The van der Waals surface area contributed by atoms with E-state index in [0.717, 1.165) is 17.7 Å². The molecule has 1 N–H and O–H groups in total. The zero-order valence-corrected chi connectivity index (χ0v) is 20.8. The molecule has 2 aromatic carbocycles. The minimum Gasteiger partial charge on any atom is -0.493 e. The number of halogens is 4. The predicted octanol–water partition coefficient (Wildman–Crippen LogP) is 5.92. The summed E-state index contributed by atoms with van der Waals surface area (Å²) in [5.74, 6) is -0.930. The zero-order valence-electron chi connectivity index (χ0n) is 20.0. The van der Waals surface area contributed by atoms with Gasteiger partial charge in [-0.1, -0.05) is 18.2 Å². The summed E-state index contributed by atoms with van der Waals surface area (Å²) in [6, 6.07) is 11.9. The van der Waals surface area contributed by atoms with Crippen LogP contribution in [0.3, 0.4) is 0 Å². The Bertz CT molecular complexity index is 1360. The summed E-state index contributed by atoms with van der Waals surface area (Å²) in [4.78, 5) is 3.41. The highest BCUT2D eigenvalue weighted by atomic mass is 32.2. The van der Waals surface area contributed by atoms with Gasteiger partial charge < -0.3 is 9.47 Å². The molecule has 37 heavy (non-hydrogen) atoms. The van der Waals surface area contributed by atoms with Crippen LogP contribution in [-0.4, -0.2) is 33.7 Å². The lowest BCUT2D eigenvalue weighted by Crippen LogP contribution is -2.19. The lowest BCUT2D eigenvalue weighted by Gasteiger charge is -2.29. The van der Waals surface area contributed by atoms with Crippen LogP contribution in [0.15, 0.2) is 59.5 Å². The van der Waals surface area contributed by atoms with E-state index in [2.05, 4.69) is 9.71 Å². The van der Waals surface area contributed by atoms with Gasteiger partial charge in [-0.15, -0.1) is 0 Å². The van der Waals surface area contributed by atoms with Crippen molar-refractivity contribution >= 4 is 15.8 Å². The highest BCUT2D eigenvalue weighted by Gasteiger charge is 2.33. The van der Waals surface area contributed by atoms with Gasteiger partial charge in [0.1, 0.15) is 11.6 Å². The molecule has 0 saturated heterocycles. The molecule has 6 nitrogen and oxygen atoms in total. The number of methoxy groups -OCH3 is 1. The number of alkyl halides is 3. The van der Waals surface area contributed by atoms with E-state index in [1.807, 2.05) is 0 Å². The number of benzene rings is 2. The Morgan fingerprint density at radius 1 is 1.08 bits per heavy atom. The molecule has 0 saturated carbocycles. The largest absolute Gasteiger partial charge is 0.493 e. The third-order valence-electron chi connectivity index (χ3n) is 6.18. The Balaban J connectivity index is 1.66. The average molecular weight is 539 g/mol. The molecule has 0 fully saturated rings. The molecule has 1 unspecified atom stereocenters. The molecule has 0 aliphatic carbocycles. The first-order valence-corrected chi connectivity index (χ1v) is 13.2. The van der Waals surface area contributed by atoms with Crippen molar-refractivity contribution in [2.24, 2.45) is 0 Å². The standard InChI is InChI=1S/C26H26F4N2O4S/c1-35-13-3-2-5-17-15-18(26(28,29)30)8-10-20(17)21-12-14-36-23-16-19(9-11-22(21)23)37(33,34)32-25-7-4-6-24(27)31-25/h4,6-11,15-16,21H,2-3,5,12-14H2,1H3,(H,31,32). The number of pyridine rings is 1. The Labute approximate surface area is 212 Å². The van der Waals surface area contributed by atoms with Gasteiger partial charge in [-0.25, -0.2) is 13.4 Å². The van der Waals surface area contributed by atoms with Crippen LogP contribution in [0.2, 0.25) is 0 Å². The van der Waals surface area contributed by atoms with Crippen LogP contribution in [0.1, 0.15) is 47.4 Å². The van der Waals surface area contributed by atoms with Gasteiger partial charge in [-0.2, -0.15) is 17.6 Å². The Morgan fingerprint density at radius 3 is 2.59 bits per heavy atom. The second-order valence-electron chi connectivity index (χ2n) is 8.70. The number of aromatic nitrogens is 1. The van der Waals surface area contributed by atoms with Gasteiger partial charge in [-0.05, 0) is 67.1 Å². The highest BCUT2D eigenvalue weighted by Crippen LogP contribution is 2.42. The molecule has 4 rings (SSSR count). The first-order valence-electron chi connectivity index (χ1n) is 11.7. The second kappa shape index (κ2) is 11.1. The van der Waals surface area contributed by atoms with Gasteiger partial charge in [-0.3, -0.25) is 4.72 Å². The fourth-order valence-corrected chi connectivity index (χ4v) is 5.44. The van der Waals surface area contributed by atoms with Crippen molar-refractivity contribution in [2.45, 2.75) is 42.7 Å². The van der Waals surface area contributed by atoms with E-state index in [1.165, 1.54) is 36.4 Å². The molecule has 11 heteroatoms. The Kier molecular flexibility index (Phi) is 8.03. The lowest BCUT2D eigenvalue weighted by molar-refractivity contribution is -0.137. The Morgan fingerprint density at radius 2 is 1.86 bits per heavy atom. The number of aryl methyl sites for hydroxylation is 1. The number of nitrogens with one attached hydrogen (secondary N) is 1. The lowest BCUT2D eigenvalue weighted by atomic mass is 9.82. The molecule has 0 radical (unpaired) electrons. The number of rotatable bonds is 9. The van der Waals surface area contributed by atoms with Gasteiger partial charge in [0.15, 0.2) is 0 Å². The summed E-state index contributed by atoms with van der Waals surface area (Å²) in [6.07, 6.45) is -2.10. The second-order valence-corrected chi connectivity index (χ2v) is 10.4. The number of anilines is 1. The molecule has 1 aliphatic heterocycles. The Hall–Kier alpha value is -3.18. The molecular weight excluding hydrogens is 512 g/mol. The van der Waals surface area contributed by atoms with Gasteiger partial charge in [0.2, 0.25) is 5.95 Å². The molecule has 1 atom stereocenters. The van der Waals surface area contributed by atoms with E-state index in [4.69, 9.17) is 9.47 Å². The van der Waals surface area contributed by atoms with E-state index in [1.54, 1.807) is 13.2 Å². The topological polar surface area (TPSA) is 77.5 Å². The molecular formula is C26H26F4N2O4S. The normalized spacial score (nSPS) is 15.6. The van der Waals surface area contributed by atoms with E-state index in [0.29, 0.717) is 49.2 Å². The summed E-state index contributed by atoms with van der Waals surface area (Å²) in [5, 5.41) is 0. The highest BCUT2D eigenvalue weighted by molar-refractivity contribution is 7.92. The number of ether oxygens (including phenoxy) is 2. The van der Waals surface area contributed by atoms with Gasteiger partial charge in [0.05, 0.1) is 17.1 Å². The summed E-state index contributed by atoms with van der Waals surface area (Å²) in [7, 11) is -2.51. The van der Waals surface area contributed by atoms with Gasteiger partial charge in [0, 0.05) is 31.3 Å². The van der Waals surface area contributed by atoms with Crippen molar-refractivity contribution in [3.8, 4) is 5.75 Å². The maximum absolute atomic E-state index is 13.4. The number of nitrogens with zero attached hydrogens (tertiary/aromatic N) is 1. The van der Waals surface area contributed by atoms with Crippen molar-refractivity contribution in [3.05, 3.63) is 82.8 Å². The summed E-state index contributed by atoms with van der Waals surface area (Å²) < 4.78 is 92.4. The number of hydrogen-bond acceptors (Lipinski definition) is 5. The molecule has 3 aromatic rings. The maximum atomic E-state index is 13.4. The zero-order chi connectivity index (χ0) is 26.6. The van der Waals surface area contributed by atoms with Crippen LogP contribution in [0.5, 0.6) is 5.75 Å². The molecule has 2 heterocycles. The van der Waals surface area contributed by atoms with Crippen LogP contribution in [0, 0.1) is 5.95 Å². The van der Waals surface area contributed by atoms with Crippen molar-refractivity contribution in [1.82, 2.24) is 4.98 Å². The van der Waals surface area contributed by atoms with Gasteiger partial charge >= 0.3 is 6.18 Å². The summed E-state index contributed by atoms with van der Waals surface area (Å²) in [5.41, 5.74) is 1.34. The van der Waals surface area contributed by atoms with Gasteiger partial charge in [0.25, 0.3) is 10.0 Å². The average Bonchev–Trinajstić information content (AvgIpc) is 2.85. The fraction of sp³-hybridized carbons (Fsp3) is 0.346. The smallest absolute Gasteiger partial charge is 0.416 e. The van der Waals surface area contributed by atoms with Crippen molar-refractivity contribution in [3.63, 3.8) is 0 Å². The molecule has 0 spiro atoms. The third-order valence-corrected chi connectivity index (χ3v) is 7.53.